The minimum Gasteiger partial charge on any atom is -0.463 e. The monoisotopic (exact) mass is 636 g/mol. The summed E-state index contributed by atoms with van der Waals surface area (Å²) in [5, 5.41) is 7.81. The predicted molar refractivity (Wildman–Crippen MR) is 159 cm³/mol. The lowest BCUT2D eigenvalue weighted by Gasteiger charge is -2.39. The van der Waals surface area contributed by atoms with Crippen molar-refractivity contribution in [2.45, 2.75) is 44.5 Å². The van der Waals surface area contributed by atoms with Gasteiger partial charge in [0.2, 0.25) is 17.9 Å². The SMILES string of the molecule is Cc1ccn(-c2cc(Cl)ccc2[C@@H](Oc2cc(N3CCC4(CC3)CN[C@H](C(=O)OCCN(C)C)C4)nc(N)n2)C(F)(F)F)n1. The number of nitrogens with zero attached hydrogens (tertiary/aromatic N) is 6. The number of rotatable bonds is 9. The maximum atomic E-state index is 14.5. The summed E-state index contributed by atoms with van der Waals surface area (Å²) in [6.07, 6.45) is -3.47. The molecule has 3 N–H and O–H groups in total. The predicted octanol–water partition coefficient (Wildman–Crippen LogP) is 3.94. The van der Waals surface area contributed by atoms with Gasteiger partial charge in [0.1, 0.15) is 18.5 Å². The number of nitrogen functional groups attached to an aromatic ring is 1. The first-order valence-corrected chi connectivity index (χ1v) is 14.7. The van der Waals surface area contributed by atoms with Crippen molar-refractivity contribution in [3.05, 3.63) is 52.8 Å². The Bertz CT molecular complexity index is 1480. The van der Waals surface area contributed by atoms with E-state index in [1.807, 2.05) is 23.9 Å². The molecule has 2 aliphatic heterocycles. The molecule has 0 amide bonds. The number of carbonyl (C=O) groups is 1. The smallest absolute Gasteiger partial charge is 0.429 e. The summed E-state index contributed by atoms with van der Waals surface area (Å²) in [4.78, 5) is 24.7. The Labute approximate surface area is 258 Å². The minimum atomic E-state index is -4.80. The van der Waals surface area contributed by atoms with Crippen molar-refractivity contribution in [3.8, 4) is 11.6 Å². The zero-order chi connectivity index (χ0) is 31.6. The highest BCUT2D eigenvalue weighted by Crippen LogP contribution is 2.42. The molecule has 2 fully saturated rings. The molecule has 0 unspecified atom stereocenters. The van der Waals surface area contributed by atoms with Crippen LogP contribution in [0.2, 0.25) is 5.02 Å². The second-order valence-corrected chi connectivity index (χ2v) is 12.1. The zero-order valence-electron chi connectivity index (χ0n) is 24.8. The summed E-state index contributed by atoms with van der Waals surface area (Å²) in [6.45, 7) is 4.55. The van der Waals surface area contributed by atoms with E-state index in [1.54, 1.807) is 19.2 Å². The molecule has 238 valence electrons. The number of likely N-dealkylation sites (N-methyl/N-ethyl adjacent to an activating group) is 1. The van der Waals surface area contributed by atoms with E-state index in [0.29, 0.717) is 50.7 Å². The Morgan fingerprint density at radius 3 is 2.64 bits per heavy atom. The van der Waals surface area contributed by atoms with E-state index in [9.17, 15) is 18.0 Å². The molecule has 2 atom stereocenters. The van der Waals surface area contributed by atoms with Crippen LogP contribution >= 0.6 is 11.6 Å². The Balaban J connectivity index is 1.30. The van der Waals surface area contributed by atoms with Gasteiger partial charge in [0, 0.05) is 49.0 Å². The van der Waals surface area contributed by atoms with Crippen molar-refractivity contribution in [1.82, 2.24) is 30.0 Å². The summed E-state index contributed by atoms with van der Waals surface area (Å²) < 4.78 is 55.8. The van der Waals surface area contributed by atoms with Gasteiger partial charge in [-0.25, -0.2) is 4.68 Å². The molecule has 3 aromatic rings. The number of hydrogen-bond acceptors (Lipinski definition) is 10. The number of anilines is 2. The van der Waals surface area contributed by atoms with Crippen molar-refractivity contribution in [2.24, 2.45) is 5.41 Å². The standard InChI is InChI=1S/C29H36ClF3N8O3/c1-18-6-9-41(38-18)22-14-19(30)4-5-20(22)25(29(31,32)33)44-24-15-23(36-27(34)37-24)40-10-7-28(8-11-40)16-21(35-17-28)26(42)43-13-12-39(2)3/h4-6,9,14-15,21,25,35H,7-8,10-13,16-17H2,1-3H3,(H2,34,36,37)/t21-,25+/m0/s1. The van der Waals surface area contributed by atoms with Gasteiger partial charge in [0.15, 0.2) is 0 Å². The lowest BCUT2D eigenvalue weighted by molar-refractivity contribution is -0.198. The van der Waals surface area contributed by atoms with Crippen LogP contribution in [0.15, 0.2) is 36.5 Å². The van der Waals surface area contributed by atoms with Gasteiger partial charge in [-0.3, -0.25) is 4.79 Å². The molecule has 2 aromatic heterocycles. The average Bonchev–Trinajstić information content (AvgIpc) is 3.58. The number of halogens is 4. The second-order valence-electron chi connectivity index (χ2n) is 11.7. The number of carbonyl (C=O) groups excluding carboxylic acids is 1. The summed E-state index contributed by atoms with van der Waals surface area (Å²) in [6, 6.07) is 6.73. The van der Waals surface area contributed by atoms with Gasteiger partial charge in [-0.15, -0.1) is 0 Å². The molecule has 0 aliphatic carbocycles. The maximum absolute atomic E-state index is 14.5. The van der Waals surface area contributed by atoms with E-state index in [4.69, 9.17) is 26.8 Å². The molecular weight excluding hydrogens is 601 g/mol. The number of aryl methyl sites for hydroxylation is 1. The minimum absolute atomic E-state index is 0.0865. The Kier molecular flexibility index (Phi) is 9.23. The van der Waals surface area contributed by atoms with Crippen LogP contribution in [0.25, 0.3) is 5.69 Å². The molecule has 0 radical (unpaired) electrons. The number of piperidine rings is 1. The lowest BCUT2D eigenvalue weighted by atomic mass is 9.76. The maximum Gasteiger partial charge on any atom is 0.429 e. The van der Waals surface area contributed by atoms with Crippen LogP contribution in [0.3, 0.4) is 0 Å². The fourth-order valence-corrected chi connectivity index (χ4v) is 5.84. The number of esters is 1. The Morgan fingerprint density at radius 1 is 1.23 bits per heavy atom. The van der Waals surface area contributed by atoms with Crippen molar-refractivity contribution in [1.29, 1.82) is 0 Å². The molecule has 1 aromatic carbocycles. The highest BCUT2D eigenvalue weighted by atomic mass is 35.5. The van der Waals surface area contributed by atoms with E-state index in [-0.39, 0.29) is 45.5 Å². The third-order valence-electron chi connectivity index (χ3n) is 8.06. The van der Waals surface area contributed by atoms with Crippen LogP contribution in [0.5, 0.6) is 5.88 Å². The van der Waals surface area contributed by atoms with E-state index < -0.39 is 12.3 Å². The van der Waals surface area contributed by atoms with Crippen LogP contribution < -0.4 is 20.7 Å². The fourth-order valence-electron chi connectivity index (χ4n) is 5.67. The van der Waals surface area contributed by atoms with Crippen molar-refractivity contribution < 1.29 is 27.4 Å². The largest absolute Gasteiger partial charge is 0.463 e. The van der Waals surface area contributed by atoms with Crippen molar-refractivity contribution in [3.63, 3.8) is 0 Å². The van der Waals surface area contributed by atoms with Crippen molar-refractivity contribution in [2.75, 3.05) is 57.5 Å². The molecule has 4 heterocycles. The summed E-state index contributed by atoms with van der Waals surface area (Å²) in [5.41, 5.74) is 6.43. The van der Waals surface area contributed by atoms with Crippen LogP contribution in [-0.4, -0.2) is 89.7 Å². The molecule has 0 saturated carbocycles. The summed E-state index contributed by atoms with van der Waals surface area (Å²) in [7, 11) is 3.83. The van der Waals surface area contributed by atoms with Gasteiger partial charge >= 0.3 is 12.1 Å². The number of aromatic nitrogens is 4. The normalized spacial score (nSPS) is 19.0. The zero-order valence-corrected chi connectivity index (χ0v) is 25.5. The number of nitrogens with two attached hydrogens (primary N) is 1. The number of ether oxygens (including phenoxy) is 2. The first-order chi connectivity index (χ1) is 20.8. The topological polar surface area (TPSA) is 124 Å². The molecular formula is C29H36ClF3N8O3. The lowest BCUT2D eigenvalue weighted by Crippen LogP contribution is -2.41. The fraction of sp³-hybridized carbons (Fsp3) is 0.517. The molecule has 11 nitrogen and oxygen atoms in total. The van der Waals surface area contributed by atoms with Crippen LogP contribution in [0.4, 0.5) is 24.9 Å². The summed E-state index contributed by atoms with van der Waals surface area (Å²) in [5.74, 6) is -0.397. The van der Waals surface area contributed by atoms with Gasteiger partial charge < -0.3 is 30.3 Å². The number of benzene rings is 1. The molecule has 0 bridgehead atoms. The number of nitrogens with one attached hydrogen (secondary N) is 1. The second kappa shape index (κ2) is 12.8. The molecule has 44 heavy (non-hydrogen) atoms. The Morgan fingerprint density at radius 2 is 1.98 bits per heavy atom. The Hall–Kier alpha value is -3.62. The van der Waals surface area contributed by atoms with E-state index >= 15 is 0 Å². The highest BCUT2D eigenvalue weighted by molar-refractivity contribution is 6.30. The van der Waals surface area contributed by atoms with Crippen LogP contribution in [-0.2, 0) is 9.53 Å². The third kappa shape index (κ3) is 7.36. The highest BCUT2D eigenvalue weighted by Gasteiger charge is 2.46. The quantitative estimate of drug-likeness (QED) is 0.334. The van der Waals surface area contributed by atoms with E-state index in [1.165, 1.54) is 28.9 Å². The van der Waals surface area contributed by atoms with Crippen molar-refractivity contribution >= 4 is 29.3 Å². The van der Waals surface area contributed by atoms with Gasteiger partial charge in [-0.1, -0.05) is 17.7 Å². The van der Waals surface area contributed by atoms with E-state index in [0.717, 1.165) is 12.8 Å². The molecule has 2 saturated heterocycles. The molecule has 15 heteroatoms. The van der Waals surface area contributed by atoms with E-state index in [2.05, 4.69) is 20.4 Å². The van der Waals surface area contributed by atoms with Gasteiger partial charge in [0.25, 0.3) is 0 Å². The first kappa shape index (κ1) is 31.8. The van der Waals surface area contributed by atoms with Gasteiger partial charge in [-0.2, -0.15) is 28.2 Å². The molecule has 5 rings (SSSR count). The third-order valence-corrected chi connectivity index (χ3v) is 8.30. The molecule has 1 spiro atoms. The van der Waals surface area contributed by atoms with Gasteiger partial charge in [0.05, 0.1) is 11.4 Å². The summed E-state index contributed by atoms with van der Waals surface area (Å²) >= 11 is 6.14. The van der Waals surface area contributed by atoms with Gasteiger partial charge in [-0.05, 0) is 63.9 Å². The number of alkyl halides is 3. The number of hydrogen-bond donors (Lipinski definition) is 2. The van der Waals surface area contributed by atoms with Crippen LogP contribution in [0, 0.1) is 12.3 Å². The molecule has 2 aliphatic rings. The van der Waals surface area contributed by atoms with Crippen LogP contribution in [0.1, 0.15) is 36.6 Å². The average molecular weight is 637 g/mol. The first-order valence-electron chi connectivity index (χ1n) is 14.3.